The topological polar surface area (TPSA) is 34.1 Å². The predicted molar refractivity (Wildman–Crippen MR) is 80.8 cm³/mol. The molecule has 2 fully saturated rings. The highest BCUT2D eigenvalue weighted by atomic mass is 127. The van der Waals surface area contributed by atoms with Crippen LogP contribution in [0.5, 0.6) is 0 Å². The summed E-state index contributed by atoms with van der Waals surface area (Å²) in [7, 11) is -3.14. The summed E-state index contributed by atoms with van der Waals surface area (Å²) in [6.45, 7) is 1.98. The molecule has 0 aliphatic heterocycles. The lowest BCUT2D eigenvalue weighted by Gasteiger charge is -2.26. The first-order valence-electron chi connectivity index (χ1n) is 6.45. The lowest BCUT2D eigenvalue weighted by molar-refractivity contribution is 0.483. The van der Waals surface area contributed by atoms with Crippen LogP contribution in [0.1, 0.15) is 24.8 Å². The molecule has 2 aliphatic rings. The Morgan fingerprint density at radius 2 is 1.72 bits per heavy atom. The number of rotatable bonds is 2. The van der Waals surface area contributed by atoms with Crippen molar-refractivity contribution in [2.75, 3.05) is 0 Å². The van der Waals surface area contributed by atoms with Crippen molar-refractivity contribution >= 4 is 32.4 Å². The summed E-state index contributed by atoms with van der Waals surface area (Å²) < 4.78 is 25.8. The van der Waals surface area contributed by atoms with Crippen molar-refractivity contribution < 1.29 is 8.42 Å². The van der Waals surface area contributed by atoms with E-state index >= 15 is 0 Å². The number of alkyl halides is 1. The molecule has 2 nitrogen and oxygen atoms in total. The van der Waals surface area contributed by atoms with Gasteiger partial charge < -0.3 is 0 Å². The fourth-order valence-corrected chi connectivity index (χ4v) is 8.03. The molecule has 0 spiro atoms. The second kappa shape index (κ2) is 4.47. The van der Waals surface area contributed by atoms with Crippen molar-refractivity contribution in [3.63, 3.8) is 0 Å². The van der Waals surface area contributed by atoms with Gasteiger partial charge in [0.1, 0.15) is 0 Å². The fraction of sp³-hybridized carbons (Fsp3) is 0.571. The zero-order valence-electron chi connectivity index (χ0n) is 10.3. The van der Waals surface area contributed by atoms with Crippen molar-refractivity contribution in [3.8, 4) is 0 Å². The maximum absolute atomic E-state index is 12.7. The van der Waals surface area contributed by atoms with Crippen LogP contribution in [0.25, 0.3) is 0 Å². The van der Waals surface area contributed by atoms with Crippen molar-refractivity contribution in [2.45, 2.75) is 40.3 Å². The van der Waals surface area contributed by atoms with Crippen LogP contribution in [0.3, 0.4) is 0 Å². The highest BCUT2D eigenvalue weighted by Gasteiger charge is 2.52. The number of benzene rings is 1. The lowest BCUT2D eigenvalue weighted by Crippen LogP contribution is -2.35. The third kappa shape index (κ3) is 1.92. The third-order valence-electron chi connectivity index (χ3n) is 4.45. The van der Waals surface area contributed by atoms with Gasteiger partial charge in [-0.3, -0.25) is 0 Å². The Morgan fingerprint density at radius 1 is 1.11 bits per heavy atom. The summed E-state index contributed by atoms with van der Waals surface area (Å²) in [6.07, 6.45) is 3.43. The van der Waals surface area contributed by atoms with E-state index in [4.69, 9.17) is 0 Å². The molecule has 18 heavy (non-hydrogen) atoms. The first-order chi connectivity index (χ1) is 8.50. The van der Waals surface area contributed by atoms with Gasteiger partial charge in [0.25, 0.3) is 0 Å². The highest BCUT2D eigenvalue weighted by molar-refractivity contribution is 14.1. The van der Waals surface area contributed by atoms with E-state index in [2.05, 4.69) is 22.6 Å². The van der Waals surface area contributed by atoms with Crippen molar-refractivity contribution in [2.24, 2.45) is 11.8 Å². The molecular weight excluding hydrogens is 359 g/mol. The molecule has 0 saturated heterocycles. The normalized spacial score (nSPS) is 35.0. The molecule has 4 unspecified atom stereocenters. The SMILES string of the molecule is Cc1ccc(S(=O)(=O)C2C3CCC(C3)C2I)cc1. The summed E-state index contributed by atoms with van der Waals surface area (Å²) in [5.74, 6) is 1.02. The molecule has 4 atom stereocenters. The molecule has 2 aliphatic carbocycles. The van der Waals surface area contributed by atoms with E-state index in [1.54, 1.807) is 12.1 Å². The van der Waals surface area contributed by atoms with Gasteiger partial charge in [-0.05, 0) is 50.2 Å². The minimum atomic E-state index is -3.14. The van der Waals surface area contributed by atoms with Gasteiger partial charge in [0.2, 0.25) is 0 Å². The average molecular weight is 376 g/mol. The van der Waals surface area contributed by atoms with Crippen molar-refractivity contribution in [1.29, 1.82) is 0 Å². The Kier molecular flexibility index (Phi) is 3.21. The molecule has 0 aromatic heterocycles. The molecule has 2 bridgehead atoms. The van der Waals surface area contributed by atoms with Gasteiger partial charge in [0.15, 0.2) is 9.84 Å². The number of halogens is 1. The van der Waals surface area contributed by atoms with Crippen LogP contribution in [0.2, 0.25) is 0 Å². The van der Waals surface area contributed by atoms with E-state index in [-0.39, 0.29) is 5.25 Å². The van der Waals surface area contributed by atoms with E-state index in [1.807, 2.05) is 19.1 Å². The summed E-state index contributed by atoms with van der Waals surface area (Å²) in [5.41, 5.74) is 1.10. The van der Waals surface area contributed by atoms with Gasteiger partial charge in [0.05, 0.1) is 10.1 Å². The van der Waals surface area contributed by atoms with Gasteiger partial charge in [-0.1, -0.05) is 40.3 Å². The zero-order chi connectivity index (χ0) is 12.9. The average Bonchev–Trinajstić information content (AvgIpc) is 2.89. The number of aryl methyl sites for hydroxylation is 1. The van der Waals surface area contributed by atoms with Crippen molar-refractivity contribution in [3.05, 3.63) is 29.8 Å². The maximum Gasteiger partial charge on any atom is 0.182 e. The lowest BCUT2D eigenvalue weighted by atomic mass is 10.0. The Balaban J connectivity index is 1.98. The molecule has 0 heterocycles. The summed E-state index contributed by atoms with van der Waals surface area (Å²) in [5, 5.41) is -0.153. The molecule has 1 aromatic rings. The first-order valence-corrected chi connectivity index (χ1v) is 9.24. The largest absolute Gasteiger partial charge is 0.223 e. The molecular formula is C14H17IO2S. The fourth-order valence-electron chi connectivity index (χ4n) is 3.48. The third-order valence-corrected chi connectivity index (χ3v) is 9.05. The molecule has 0 amide bonds. The van der Waals surface area contributed by atoms with E-state index in [9.17, 15) is 8.42 Å². The molecule has 1 aromatic carbocycles. The van der Waals surface area contributed by atoms with Crippen molar-refractivity contribution in [1.82, 2.24) is 0 Å². The van der Waals surface area contributed by atoms with Gasteiger partial charge in [-0.2, -0.15) is 0 Å². The molecule has 2 saturated carbocycles. The van der Waals surface area contributed by atoms with Crippen LogP contribution < -0.4 is 0 Å². The predicted octanol–water partition coefficient (Wildman–Crippen LogP) is 3.37. The quantitative estimate of drug-likeness (QED) is 0.586. The number of sulfone groups is 1. The standard InChI is InChI=1S/C14H17IO2S/c1-9-2-6-12(7-3-9)18(16,17)14-11-5-4-10(8-11)13(14)15/h2-3,6-7,10-11,13-14H,4-5,8H2,1H3. The number of fused-ring (bicyclic) bond motifs is 2. The van der Waals surface area contributed by atoms with Crippen LogP contribution in [0.4, 0.5) is 0 Å². The monoisotopic (exact) mass is 376 g/mol. The first kappa shape index (κ1) is 12.9. The van der Waals surface area contributed by atoms with E-state index in [1.165, 1.54) is 6.42 Å². The Labute approximate surface area is 122 Å². The van der Waals surface area contributed by atoms with Crippen LogP contribution >= 0.6 is 22.6 Å². The minimum absolute atomic E-state index is 0.153. The van der Waals surface area contributed by atoms with Gasteiger partial charge in [-0.25, -0.2) is 8.42 Å². The highest BCUT2D eigenvalue weighted by Crippen LogP contribution is 2.51. The van der Waals surface area contributed by atoms with E-state index < -0.39 is 9.84 Å². The maximum atomic E-state index is 12.7. The van der Waals surface area contributed by atoms with Gasteiger partial charge in [0, 0.05) is 3.92 Å². The summed E-state index contributed by atoms with van der Waals surface area (Å²) in [4.78, 5) is 0.507. The molecule has 3 rings (SSSR count). The number of hydrogen-bond acceptors (Lipinski definition) is 2. The molecule has 98 valence electrons. The van der Waals surface area contributed by atoms with Crippen LogP contribution in [-0.2, 0) is 9.84 Å². The molecule has 0 N–H and O–H groups in total. The molecule has 0 radical (unpaired) electrons. The van der Waals surface area contributed by atoms with Crippen LogP contribution in [0.15, 0.2) is 29.2 Å². The minimum Gasteiger partial charge on any atom is -0.223 e. The Morgan fingerprint density at radius 3 is 2.28 bits per heavy atom. The number of hydrogen-bond donors (Lipinski definition) is 0. The Hall–Kier alpha value is -0.100. The van der Waals surface area contributed by atoms with Crippen LogP contribution in [0, 0.1) is 18.8 Å². The summed E-state index contributed by atoms with van der Waals surface area (Å²) >= 11 is 2.37. The van der Waals surface area contributed by atoms with Gasteiger partial charge >= 0.3 is 0 Å². The summed E-state index contributed by atoms with van der Waals surface area (Å²) in [6, 6.07) is 7.31. The second-order valence-electron chi connectivity index (χ2n) is 5.60. The molecule has 4 heteroatoms. The second-order valence-corrected chi connectivity index (χ2v) is 9.14. The van der Waals surface area contributed by atoms with E-state index in [0.29, 0.717) is 20.7 Å². The smallest absolute Gasteiger partial charge is 0.182 e. The van der Waals surface area contributed by atoms with E-state index in [0.717, 1.165) is 18.4 Å². The van der Waals surface area contributed by atoms with Crippen LogP contribution in [-0.4, -0.2) is 17.6 Å². The zero-order valence-corrected chi connectivity index (χ0v) is 13.3. The van der Waals surface area contributed by atoms with Gasteiger partial charge in [-0.15, -0.1) is 0 Å². The Bertz CT molecular complexity index is 548.